The second kappa shape index (κ2) is 9.17. The van der Waals surface area contributed by atoms with Gasteiger partial charge in [-0.3, -0.25) is 9.13 Å². The second-order valence-electron chi connectivity index (χ2n) is 8.42. The third kappa shape index (κ3) is 4.33. The number of ether oxygens (including phenoxy) is 1. The Kier molecular flexibility index (Phi) is 5.91. The van der Waals surface area contributed by atoms with E-state index in [9.17, 15) is 9.90 Å². The molecule has 0 bridgehead atoms. The van der Waals surface area contributed by atoms with Crippen LogP contribution >= 0.6 is 0 Å². The number of fused-ring (bicyclic) bond motifs is 2. The minimum atomic E-state index is -0.801. The van der Waals surface area contributed by atoms with E-state index in [2.05, 4.69) is 15.3 Å². The zero-order chi connectivity index (χ0) is 23.7. The van der Waals surface area contributed by atoms with Crippen LogP contribution in [0.25, 0.3) is 22.1 Å². The lowest BCUT2D eigenvalue weighted by atomic mass is 10.1. The maximum Gasteiger partial charge on any atom is 0.328 e. The molecule has 5 rings (SSSR count). The zero-order valence-electron chi connectivity index (χ0n) is 19.2. The third-order valence-electron chi connectivity index (χ3n) is 6.07. The van der Waals surface area contributed by atoms with E-state index in [0.29, 0.717) is 24.4 Å². The molecule has 174 valence electrons. The average Bonchev–Trinajstić information content (AvgIpc) is 3.37. The minimum Gasteiger partial charge on any atom is -0.491 e. The number of nitrogens with one attached hydrogen (secondary N) is 2. The smallest absolute Gasteiger partial charge is 0.328 e. The molecule has 34 heavy (non-hydrogen) atoms. The summed E-state index contributed by atoms with van der Waals surface area (Å²) in [7, 11) is 3.46. The highest BCUT2D eigenvalue weighted by Gasteiger charge is 2.13. The van der Waals surface area contributed by atoms with Gasteiger partial charge >= 0.3 is 5.69 Å². The van der Waals surface area contributed by atoms with Crippen LogP contribution in [-0.4, -0.2) is 30.8 Å². The van der Waals surface area contributed by atoms with Gasteiger partial charge in [-0.2, -0.15) is 0 Å². The van der Waals surface area contributed by atoms with Crippen LogP contribution in [-0.2, 0) is 27.2 Å². The number of aryl methyl sites for hydroxylation is 2. The molecule has 0 amide bonds. The summed E-state index contributed by atoms with van der Waals surface area (Å²) in [6.07, 6.45) is -0.801. The number of aromatic amines is 1. The molecule has 0 aliphatic heterocycles. The first kappa shape index (κ1) is 21.9. The summed E-state index contributed by atoms with van der Waals surface area (Å²) in [4.78, 5) is 20.0. The zero-order valence-corrected chi connectivity index (χ0v) is 19.2. The van der Waals surface area contributed by atoms with Gasteiger partial charge in [0.15, 0.2) is 0 Å². The van der Waals surface area contributed by atoms with Crippen molar-refractivity contribution in [1.29, 1.82) is 0 Å². The van der Waals surface area contributed by atoms with Crippen molar-refractivity contribution in [3.63, 3.8) is 0 Å². The molecule has 0 spiro atoms. The Hall–Kier alpha value is -3.88. The van der Waals surface area contributed by atoms with Crippen molar-refractivity contribution in [2.45, 2.75) is 19.2 Å². The van der Waals surface area contributed by atoms with E-state index in [1.165, 1.54) is 0 Å². The maximum absolute atomic E-state index is 12.1. The van der Waals surface area contributed by atoms with Gasteiger partial charge in [0.05, 0.1) is 28.6 Å². The highest BCUT2D eigenvalue weighted by atomic mass is 16.5. The van der Waals surface area contributed by atoms with Crippen molar-refractivity contribution in [2.24, 2.45) is 14.1 Å². The first-order valence-electron chi connectivity index (χ1n) is 11.2. The molecule has 5 aromatic rings. The molecule has 8 nitrogen and oxygen atoms in total. The third-order valence-corrected chi connectivity index (χ3v) is 6.07. The predicted molar refractivity (Wildman–Crippen MR) is 132 cm³/mol. The van der Waals surface area contributed by atoms with Crippen LogP contribution < -0.4 is 15.7 Å². The molecule has 3 N–H and O–H groups in total. The number of benzene rings is 3. The fourth-order valence-electron chi connectivity index (χ4n) is 4.12. The van der Waals surface area contributed by atoms with Gasteiger partial charge in [0, 0.05) is 20.6 Å². The summed E-state index contributed by atoms with van der Waals surface area (Å²) in [5.74, 6) is 1.59. The van der Waals surface area contributed by atoms with Crippen molar-refractivity contribution in [2.75, 3.05) is 6.61 Å². The molecule has 0 saturated heterocycles. The summed E-state index contributed by atoms with van der Waals surface area (Å²) >= 11 is 0. The van der Waals surface area contributed by atoms with Gasteiger partial charge in [0.2, 0.25) is 0 Å². The van der Waals surface area contributed by atoms with Crippen molar-refractivity contribution in [1.82, 2.24) is 24.4 Å². The van der Waals surface area contributed by atoms with Crippen LogP contribution in [0.3, 0.4) is 0 Å². The van der Waals surface area contributed by atoms with Gasteiger partial charge in [-0.15, -0.1) is 0 Å². The largest absolute Gasteiger partial charge is 0.491 e. The summed E-state index contributed by atoms with van der Waals surface area (Å²) in [6.45, 7) is 1.47. The van der Waals surface area contributed by atoms with E-state index in [4.69, 9.17) is 4.74 Å². The van der Waals surface area contributed by atoms with Crippen molar-refractivity contribution in [3.05, 3.63) is 94.2 Å². The van der Waals surface area contributed by atoms with Crippen molar-refractivity contribution < 1.29 is 9.84 Å². The Morgan fingerprint density at radius 3 is 2.56 bits per heavy atom. The molecule has 0 aliphatic rings. The summed E-state index contributed by atoms with van der Waals surface area (Å²) < 4.78 is 8.97. The number of hydrogen-bond acceptors (Lipinski definition) is 5. The number of rotatable bonds is 8. The van der Waals surface area contributed by atoms with Gasteiger partial charge in [0.25, 0.3) is 0 Å². The van der Waals surface area contributed by atoms with E-state index in [0.717, 1.165) is 33.5 Å². The van der Waals surface area contributed by atoms with Crippen LogP contribution in [0.5, 0.6) is 5.75 Å². The van der Waals surface area contributed by atoms with E-state index in [-0.39, 0.29) is 12.3 Å². The van der Waals surface area contributed by atoms with Crippen LogP contribution in [0.4, 0.5) is 0 Å². The van der Waals surface area contributed by atoms with Crippen LogP contribution in [0.1, 0.15) is 23.1 Å². The molecule has 8 heteroatoms. The van der Waals surface area contributed by atoms with Gasteiger partial charge in [-0.05, 0) is 47.5 Å². The molecule has 1 atom stereocenters. The fraction of sp³-hybridized carbons (Fsp3) is 0.231. The molecule has 0 saturated carbocycles. The number of aliphatic hydroxyl groups is 1. The number of imidazole rings is 2. The Morgan fingerprint density at radius 2 is 1.76 bits per heavy atom. The number of aliphatic hydroxyl groups excluding tert-OH is 1. The Morgan fingerprint density at radius 1 is 1.00 bits per heavy atom. The SMILES string of the molecule is Cn1c(=O)n(C)c2cc([C@H](O)COc3ccc(CNCc4nc5ccccc5[nH]4)cc3)ccc21. The first-order chi connectivity index (χ1) is 16.5. The average molecular weight is 458 g/mol. The standard InChI is InChI=1S/C26H27N5O3/c1-30-22-12-9-18(13-23(22)31(2)26(30)33)24(32)16-34-19-10-7-17(8-11-19)14-27-15-25-28-20-5-3-4-6-21(20)29-25/h3-13,24,27,32H,14-16H2,1-2H3,(H,28,29)/t24-/m1/s1. The van der Waals surface area contributed by atoms with E-state index < -0.39 is 6.10 Å². The summed E-state index contributed by atoms with van der Waals surface area (Å²) in [5, 5.41) is 14.0. The van der Waals surface area contributed by atoms with Crippen molar-refractivity contribution in [3.8, 4) is 5.75 Å². The Bertz CT molecular complexity index is 1460. The topological polar surface area (TPSA) is 97.1 Å². The fourth-order valence-corrected chi connectivity index (χ4v) is 4.12. The number of nitrogens with zero attached hydrogens (tertiary/aromatic N) is 3. The normalized spacial score (nSPS) is 12.4. The lowest BCUT2D eigenvalue weighted by Gasteiger charge is -2.13. The lowest BCUT2D eigenvalue weighted by Crippen LogP contribution is -2.19. The molecular weight excluding hydrogens is 430 g/mol. The number of aromatic nitrogens is 4. The molecule has 0 fully saturated rings. The summed E-state index contributed by atoms with van der Waals surface area (Å²) in [6, 6.07) is 21.3. The van der Waals surface area contributed by atoms with Crippen LogP contribution in [0.2, 0.25) is 0 Å². The lowest BCUT2D eigenvalue weighted by molar-refractivity contribution is 0.108. The van der Waals surface area contributed by atoms with Gasteiger partial charge < -0.3 is 20.1 Å². The van der Waals surface area contributed by atoms with E-state index >= 15 is 0 Å². The monoisotopic (exact) mass is 457 g/mol. The molecule has 0 aliphatic carbocycles. The van der Waals surface area contributed by atoms with Gasteiger partial charge in [-0.25, -0.2) is 9.78 Å². The molecule has 2 heterocycles. The molecule has 0 unspecified atom stereocenters. The number of para-hydroxylation sites is 2. The molecule has 0 radical (unpaired) electrons. The number of H-pyrrole nitrogens is 1. The minimum absolute atomic E-state index is 0.0925. The molecule has 3 aromatic carbocycles. The highest BCUT2D eigenvalue weighted by molar-refractivity contribution is 5.77. The predicted octanol–water partition coefficient (Wildman–Crippen LogP) is 3.16. The van der Waals surface area contributed by atoms with Gasteiger partial charge in [-0.1, -0.05) is 30.3 Å². The van der Waals surface area contributed by atoms with Crippen molar-refractivity contribution >= 4 is 22.1 Å². The molecule has 2 aromatic heterocycles. The molecular formula is C26H27N5O3. The highest BCUT2D eigenvalue weighted by Crippen LogP contribution is 2.21. The van der Waals surface area contributed by atoms with Gasteiger partial charge in [0.1, 0.15) is 24.3 Å². The summed E-state index contributed by atoms with van der Waals surface area (Å²) in [5.41, 5.74) is 5.36. The second-order valence-corrected chi connectivity index (χ2v) is 8.42. The first-order valence-corrected chi connectivity index (χ1v) is 11.2. The maximum atomic E-state index is 12.1. The number of hydrogen-bond donors (Lipinski definition) is 3. The quantitative estimate of drug-likeness (QED) is 0.333. The van der Waals surface area contributed by atoms with Crippen LogP contribution in [0.15, 0.2) is 71.5 Å². The van der Waals surface area contributed by atoms with E-state index in [1.54, 1.807) is 23.2 Å². The Balaban J connectivity index is 1.14. The van der Waals surface area contributed by atoms with Crippen LogP contribution in [0, 0.1) is 0 Å². The van der Waals surface area contributed by atoms with E-state index in [1.807, 2.05) is 66.7 Å². The Labute approximate surface area is 196 Å².